The average molecular weight is 626 g/mol. The maximum Gasteiger partial charge on any atom is 0.165 e. The van der Waals surface area contributed by atoms with Gasteiger partial charge in [-0.15, -0.1) is 0 Å². The van der Waals surface area contributed by atoms with Crippen LogP contribution in [0.3, 0.4) is 0 Å². The smallest absolute Gasteiger partial charge is 0.165 e. The fourth-order valence-corrected chi connectivity index (χ4v) is 7.13. The summed E-state index contributed by atoms with van der Waals surface area (Å²) >= 11 is 0. The van der Waals surface area contributed by atoms with Gasteiger partial charge in [0, 0.05) is 27.5 Å². The summed E-state index contributed by atoms with van der Waals surface area (Å²) < 4.78 is 6.58. The second kappa shape index (κ2) is 11.0. The molecule has 0 spiro atoms. The van der Waals surface area contributed by atoms with Gasteiger partial charge in [-0.3, -0.25) is 0 Å². The van der Waals surface area contributed by atoms with Crippen molar-refractivity contribution >= 4 is 54.3 Å². The van der Waals surface area contributed by atoms with Gasteiger partial charge < -0.3 is 4.42 Å². The number of rotatable bonds is 4. The van der Waals surface area contributed by atoms with E-state index in [1.54, 1.807) is 0 Å². The molecule has 8 aromatic carbocycles. The summed E-state index contributed by atoms with van der Waals surface area (Å²) in [4.78, 5) is 15.8. The molecule has 0 unspecified atom stereocenters. The Morgan fingerprint density at radius 2 is 1.00 bits per heavy atom. The van der Waals surface area contributed by atoms with E-state index in [2.05, 4.69) is 158 Å². The molecular formula is C45H27N3O. The van der Waals surface area contributed by atoms with Crippen LogP contribution in [0.15, 0.2) is 168 Å². The summed E-state index contributed by atoms with van der Waals surface area (Å²) in [7, 11) is 0. The minimum Gasteiger partial charge on any atom is -0.456 e. The topological polar surface area (TPSA) is 51.8 Å². The van der Waals surface area contributed by atoms with Crippen molar-refractivity contribution in [3.63, 3.8) is 0 Å². The number of benzene rings is 8. The third kappa shape index (κ3) is 4.57. The van der Waals surface area contributed by atoms with Crippen molar-refractivity contribution in [1.82, 2.24) is 15.0 Å². The van der Waals surface area contributed by atoms with Crippen LogP contribution >= 0.6 is 0 Å². The lowest BCUT2D eigenvalue weighted by molar-refractivity contribution is 0.669. The quantitative estimate of drug-likeness (QED) is 0.195. The standard InChI is InChI=1S/C45H27N3O/c1-2-12-30(13-3-1)36-23-24-39-41(38-26-32-16-6-7-17-33(32)27-40(38)49-39)42(36)45-47-43(34-22-21-28-11-4-5-15-31(28)25-34)46-44(48-45)37-20-10-18-29-14-8-9-19-35(29)37/h1-27H. The van der Waals surface area contributed by atoms with Crippen molar-refractivity contribution in [2.24, 2.45) is 0 Å². The van der Waals surface area contributed by atoms with Gasteiger partial charge in [0.15, 0.2) is 17.5 Å². The van der Waals surface area contributed by atoms with E-state index in [9.17, 15) is 0 Å². The molecule has 4 heteroatoms. The SMILES string of the molecule is c1ccc(-c2ccc3oc4cc5ccccc5cc4c3c2-c2nc(-c3ccc4ccccc4c3)nc(-c3cccc4ccccc34)n2)cc1. The predicted octanol–water partition coefficient (Wildman–Crippen LogP) is 11.9. The highest BCUT2D eigenvalue weighted by molar-refractivity contribution is 6.17. The molecule has 0 aliphatic rings. The van der Waals surface area contributed by atoms with Crippen LogP contribution < -0.4 is 0 Å². The van der Waals surface area contributed by atoms with Crippen molar-refractivity contribution in [3.8, 4) is 45.3 Å². The first-order chi connectivity index (χ1) is 24.3. The molecular weight excluding hydrogens is 599 g/mol. The molecule has 2 heterocycles. The highest BCUT2D eigenvalue weighted by Crippen LogP contribution is 2.43. The van der Waals surface area contributed by atoms with Gasteiger partial charge in [-0.25, -0.2) is 15.0 Å². The van der Waals surface area contributed by atoms with E-state index in [1.807, 2.05) is 6.07 Å². The third-order valence-corrected chi connectivity index (χ3v) is 9.49. The number of aromatic nitrogens is 3. The van der Waals surface area contributed by atoms with E-state index in [4.69, 9.17) is 19.4 Å². The van der Waals surface area contributed by atoms with Crippen molar-refractivity contribution < 1.29 is 4.42 Å². The first kappa shape index (κ1) is 27.5. The van der Waals surface area contributed by atoms with Crippen LogP contribution in [0.5, 0.6) is 0 Å². The van der Waals surface area contributed by atoms with E-state index in [0.29, 0.717) is 17.5 Å². The molecule has 0 aliphatic carbocycles. The Hall–Kier alpha value is -6.65. The largest absolute Gasteiger partial charge is 0.456 e. The van der Waals surface area contributed by atoms with Gasteiger partial charge in [0.25, 0.3) is 0 Å². The highest BCUT2D eigenvalue weighted by Gasteiger charge is 2.23. The molecule has 0 atom stereocenters. The molecule has 0 saturated carbocycles. The number of hydrogen-bond acceptors (Lipinski definition) is 4. The Labute approximate surface area is 282 Å². The van der Waals surface area contributed by atoms with Crippen LogP contribution in [0.4, 0.5) is 0 Å². The normalized spacial score (nSPS) is 11.7. The van der Waals surface area contributed by atoms with Crippen LogP contribution in [0.1, 0.15) is 0 Å². The summed E-state index contributed by atoms with van der Waals surface area (Å²) in [5, 5.41) is 8.83. The Kier molecular flexibility index (Phi) is 6.15. The lowest BCUT2D eigenvalue weighted by Crippen LogP contribution is -2.02. The average Bonchev–Trinajstić information content (AvgIpc) is 3.53. The summed E-state index contributed by atoms with van der Waals surface area (Å²) in [5.41, 5.74) is 6.54. The van der Waals surface area contributed by atoms with Gasteiger partial charge in [0.05, 0.1) is 0 Å². The lowest BCUT2D eigenvalue weighted by Gasteiger charge is -2.14. The maximum atomic E-state index is 6.58. The van der Waals surface area contributed by atoms with Crippen molar-refractivity contribution in [3.05, 3.63) is 164 Å². The number of hydrogen-bond donors (Lipinski definition) is 0. The monoisotopic (exact) mass is 625 g/mol. The molecule has 10 aromatic rings. The molecule has 0 aliphatic heterocycles. The fraction of sp³-hybridized carbons (Fsp3) is 0. The Balaban J connectivity index is 1.33. The molecule has 4 nitrogen and oxygen atoms in total. The first-order valence-electron chi connectivity index (χ1n) is 16.4. The zero-order valence-electron chi connectivity index (χ0n) is 26.3. The molecule has 0 N–H and O–H groups in total. The second-order valence-electron chi connectivity index (χ2n) is 12.4. The lowest BCUT2D eigenvalue weighted by atomic mass is 9.94. The molecule has 228 valence electrons. The van der Waals surface area contributed by atoms with Crippen LogP contribution in [-0.2, 0) is 0 Å². The Bertz CT molecular complexity index is 2890. The van der Waals surface area contributed by atoms with Crippen LogP contribution in [-0.4, -0.2) is 15.0 Å². The molecule has 0 bridgehead atoms. The first-order valence-corrected chi connectivity index (χ1v) is 16.4. The molecule has 2 aromatic heterocycles. The van der Waals surface area contributed by atoms with E-state index < -0.39 is 0 Å². The van der Waals surface area contributed by atoms with Crippen LogP contribution in [0.2, 0.25) is 0 Å². The number of fused-ring (bicyclic) bond motifs is 6. The Morgan fingerprint density at radius 3 is 1.84 bits per heavy atom. The van der Waals surface area contributed by atoms with E-state index in [-0.39, 0.29) is 0 Å². The molecule has 49 heavy (non-hydrogen) atoms. The fourth-order valence-electron chi connectivity index (χ4n) is 7.13. The van der Waals surface area contributed by atoms with Crippen LogP contribution in [0, 0.1) is 0 Å². The maximum absolute atomic E-state index is 6.58. The zero-order chi connectivity index (χ0) is 32.3. The Morgan fingerprint density at radius 1 is 0.347 bits per heavy atom. The minimum absolute atomic E-state index is 0.599. The molecule has 0 fully saturated rings. The van der Waals surface area contributed by atoms with Gasteiger partial charge in [-0.05, 0) is 73.8 Å². The highest BCUT2D eigenvalue weighted by atomic mass is 16.3. The molecule has 10 rings (SSSR count). The van der Waals surface area contributed by atoms with Gasteiger partial charge in [-0.2, -0.15) is 0 Å². The van der Waals surface area contributed by atoms with Crippen LogP contribution in [0.25, 0.3) is 99.5 Å². The second-order valence-corrected chi connectivity index (χ2v) is 12.4. The number of nitrogens with zero attached hydrogens (tertiary/aromatic N) is 3. The van der Waals surface area contributed by atoms with Gasteiger partial charge in [0.2, 0.25) is 0 Å². The van der Waals surface area contributed by atoms with Gasteiger partial charge >= 0.3 is 0 Å². The van der Waals surface area contributed by atoms with E-state index in [0.717, 1.165) is 76.7 Å². The zero-order valence-corrected chi connectivity index (χ0v) is 26.3. The predicted molar refractivity (Wildman–Crippen MR) is 201 cm³/mol. The molecule has 0 radical (unpaired) electrons. The van der Waals surface area contributed by atoms with E-state index >= 15 is 0 Å². The van der Waals surface area contributed by atoms with Gasteiger partial charge in [-0.1, -0.05) is 133 Å². The summed E-state index contributed by atoms with van der Waals surface area (Å²) in [6, 6.07) is 56.9. The summed E-state index contributed by atoms with van der Waals surface area (Å²) in [5.74, 6) is 1.84. The molecule has 0 saturated heterocycles. The van der Waals surface area contributed by atoms with Gasteiger partial charge in [0.1, 0.15) is 11.2 Å². The van der Waals surface area contributed by atoms with Crippen molar-refractivity contribution in [2.45, 2.75) is 0 Å². The van der Waals surface area contributed by atoms with E-state index in [1.165, 1.54) is 5.39 Å². The molecule has 0 amide bonds. The third-order valence-electron chi connectivity index (χ3n) is 9.49. The summed E-state index contributed by atoms with van der Waals surface area (Å²) in [6.45, 7) is 0. The van der Waals surface area contributed by atoms with Crippen molar-refractivity contribution in [2.75, 3.05) is 0 Å². The minimum atomic E-state index is 0.599. The number of furan rings is 1. The van der Waals surface area contributed by atoms with Crippen molar-refractivity contribution in [1.29, 1.82) is 0 Å². The summed E-state index contributed by atoms with van der Waals surface area (Å²) in [6.07, 6.45) is 0.